The van der Waals surface area contributed by atoms with Gasteiger partial charge in [-0.25, -0.2) is 0 Å². The molecule has 1 unspecified atom stereocenters. The van der Waals surface area contributed by atoms with E-state index in [-0.39, 0.29) is 78.5 Å². The number of likely N-dealkylation sites (tertiary alicyclic amines) is 1. The Morgan fingerprint density at radius 3 is 2.21 bits per heavy atom. The normalized spacial score (nSPS) is 17.6. The lowest BCUT2D eigenvalue weighted by Crippen LogP contribution is -2.52. The van der Waals surface area contributed by atoms with Crippen LogP contribution in [0, 0.1) is 19.8 Å². The van der Waals surface area contributed by atoms with E-state index >= 15 is 0 Å². The third-order valence-corrected chi connectivity index (χ3v) is 14.4. The molecule has 5 amide bonds. The number of nitrogens with one attached hydrogen (secondary N) is 2. The predicted molar refractivity (Wildman–Crippen MR) is 267 cm³/mol. The van der Waals surface area contributed by atoms with Gasteiger partial charge in [-0.1, -0.05) is 38.1 Å². The van der Waals surface area contributed by atoms with E-state index in [9.17, 15) is 39.0 Å². The second-order valence-corrected chi connectivity index (χ2v) is 19.6. The van der Waals surface area contributed by atoms with Crippen molar-refractivity contribution in [3.63, 3.8) is 0 Å². The van der Waals surface area contributed by atoms with Gasteiger partial charge >= 0.3 is 5.97 Å². The molecule has 5 heterocycles. The number of esters is 1. The zero-order valence-corrected chi connectivity index (χ0v) is 41.4. The molecule has 4 N–H and O–H groups in total. The van der Waals surface area contributed by atoms with Gasteiger partial charge in [-0.2, -0.15) is 0 Å². The van der Waals surface area contributed by atoms with Gasteiger partial charge in [0.2, 0.25) is 23.5 Å². The first-order valence-corrected chi connectivity index (χ1v) is 24.8. The average Bonchev–Trinajstić information content (AvgIpc) is 3.95. The number of rotatable bonds is 13. The molecule has 4 aliphatic heterocycles. The summed E-state index contributed by atoms with van der Waals surface area (Å²) in [6.45, 7) is 14.9. The van der Waals surface area contributed by atoms with Crippen LogP contribution in [0.3, 0.4) is 0 Å². The molecule has 1 aromatic heterocycles. The molecular formula is C54H61N9O9. The van der Waals surface area contributed by atoms with Crippen molar-refractivity contribution < 1.29 is 43.7 Å². The maximum absolute atomic E-state index is 13.8. The monoisotopic (exact) mass is 979 g/mol. The van der Waals surface area contributed by atoms with Gasteiger partial charge in [0.1, 0.15) is 23.3 Å². The number of carbonyl (C=O) groups is 6. The number of nitrogens with zero attached hydrogens (tertiary/aromatic N) is 7. The van der Waals surface area contributed by atoms with Crippen molar-refractivity contribution in [3.8, 4) is 34.3 Å². The predicted octanol–water partition coefficient (Wildman–Crippen LogP) is 5.31. The van der Waals surface area contributed by atoms with Gasteiger partial charge in [0.15, 0.2) is 5.82 Å². The number of aryl methyl sites for hydroxylation is 2. The lowest BCUT2D eigenvalue weighted by molar-refractivity contribution is -0.138. The summed E-state index contributed by atoms with van der Waals surface area (Å²) >= 11 is 0. The third kappa shape index (κ3) is 10.00. The topological polar surface area (TPSA) is 220 Å². The highest BCUT2D eigenvalue weighted by Gasteiger charge is 2.40. The SMILES string of the molecule is CCNC(=O)c1nnc(-c2cc(C(C)C)c(O)cc2O)n1-c1ccc(CN2CCC(C(=O)N3CCN(c4cc(C)c(OC(=O)Cc5cccc6c5CN(C5CCC(=O)NC5=O)C6=O)c(C)c4)CC3)CC2)cc1. The number of phenolic OH excluding ortho intramolecular Hbond substituents is 2. The zero-order chi connectivity index (χ0) is 51.0. The summed E-state index contributed by atoms with van der Waals surface area (Å²) in [7, 11) is 0. The van der Waals surface area contributed by atoms with Gasteiger partial charge < -0.3 is 35.0 Å². The van der Waals surface area contributed by atoms with E-state index < -0.39 is 23.8 Å². The maximum Gasteiger partial charge on any atom is 0.315 e. The molecule has 9 rings (SSSR count). The van der Waals surface area contributed by atoms with E-state index in [1.54, 1.807) is 28.8 Å². The van der Waals surface area contributed by atoms with Crippen molar-refractivity contribution in [2.24, 2.45) is 5.92 Å². The smallest absolute Gasteiger partial charge is 0.315 e. The van der Waals surface area contributed by atoms with E-state index in [0.29, 0.717) is 78.5 Å². The number of ether oxygens (including phenoxy) is 1. The van der Waals surface area contributed by atoms with Gasteiger partial charge in [-0.3, -0.25) is 43.6 Å². The Morgan fingerprint density at radius 2 is 1.54 bits per heavy atom. The van der Waals surface area contributed by atoms with Gasteiger partial charge in [0, 0.05) is 81.2 Å². The molecule has 0 saturated carbocycles. The summed E-state index contributed by atoms with van der Waals surface area (Å²) < 4.78 is 7.58. The summed E-state index contributed by atoms with van der Waals surface area (Å²) in [5.74, 6) is -1.28. The van der Waals surface area contributed by atoms with Crippen LogP contribution in [0.25, 0.3) is 17.1 Å². The van der Waals surface area contributed by atoms with Crippen molar-refractivity contribution in [3.05, 3.63) is 111 Å². The molecule has 376 valence electrons. The Bertz CT molecular complexity index is 2930. The van der Waals surface area contributed by atoms with Crippen molar-refractivity contribution in [1.82, 2.24) is 40.1 Å². The zero-order valence-electron chi connectivity index (χ0n) is 41.4. The van der Waals surface area contributed by atoms with Crippen LogP contribution in [-0.4, -0.2) is 127 Å². The lowest BCUT2D eigenvalue weighted by Gasteiger charge is -2.39. The summed E-state index contributed by atoms with van der Waals surface area (Å²) in [5, 5.41) is 35.1. The molecule has 4 aliphatic rings. The van der Waals surface area contributed by atoms with E-state index in [0.717, 1.165) is 48.3 Å². The lowest BCUT2D eigenvalue weighted by atomic mass is 9.94. The van der Waals surface area contributed by atoms with E-state index in [2.05, 4.69) is 30.6 Å². The van der Waals surface area contributed by atoms with E-state index in [1.807, 2.05) is 75.9 Å². The van der Waals surface area contributed by atoms with Gasteiger partial charge in [-0.05, 0) is 129 Å². The molecule has 0 radical (unpaired) electrons. The standard InChI is InChI=1S/C54H61N9O9/c1-6-55-52(69)50-58-57-49(41-27-40(31(2)3)44(64)28-45(41)65)63(50)37-12-10-34(11-13-37)29-59-18-16-35(17-19-59)53(70)61-22-20-60(21-23-61)38-24-32(4)48(33(5)25-38)72-47(67)26-36-8-7-9-39-42(36)30-62(54(39)71)43-14-15-46(66)56-51(43)68/h7-13,24-25,27-28,31,35,43,64-65H,6,14-23,26,29-30H2,1-5H3,(H,55,69)(H,56,66,68). The number of amides is 5. The summed E-state index contributed by atoms with van der Waals surface area (Å²) in [4.78, 5) is 86.1. The summed E-state index contributed by atoms with van der Waals surface area (Å²) in [5.41, 5.74) is 7.06. The highest BCUT2D eigenvalue weighted by atomic mass is 16.5. The molecule has 4 aromatic carbocycles. The molecule has 0 spiro atoms. The Kier molecular flexibility index (Phi) is 14.1. The van der Waals surface area contributed by atoms with Crippen molar-refractivity contribution >= 4 is 41.2 Å². The number of piperidine rings is 2. The third-order valence-electron chi connectivity index (χ3n) is 14.4. The van der Waals surface area contributed by atoms with Gasteiger partial charge in [0.05, 0.1) is 12.0 Å². The van der Waals surface area contributed by atoms with E-state index in [4.69, 9.17) is 4.74 Å². The quantitative estimate of drug-likeness (QED) is 0.0669. The molecule has 1 atom stereocenters. The second kappa shape index (κ2) is 20.6. The number of hydrogen-bond acceptors (Lipinski definition) is 13. The van der Waals surface area contributed by atoms with Crippen LogP contribution in [0.2, 0.25) is 0 Å². The number of hydrogen-bond donors (Lipinski definition) is 4. The van der Waals surface area contributed by atoms with Gasteiger partial charge in [-0.15, -0.1) is 10.2 Å². The minimum atomic E-state index is -0.746. The fourth-order valence-electron chi connectivity index (χ4n) is 10.5. The van der Waals surface area contributed by atoms with Crippen LogP contribution in [0.4, 0.5) is 5.69 Å². The second-order valence-electron chi connectivity index (χ2n) is 19.6. The fraction of sp³-hybridized carbons (Fsp3) is 0.407. The van der Waals surface area contributed by atoms with Crippen LogP contribution < -0.4 is 20.3 Å². The number of fused-ring (bicyclic) bond motifs is 1. The molecule has 0 bridgehead atoms. The number of phenols is 2. The van der Waals surface area contributed by atoms with Gasteiger partial charge in [0.25, 0.3) is 11.8 Å². The van der Waals surface area contributed by atoms with Crippen LogP contribution in [0.15, 0.2) is 66.7 Å². The molecule has 3 saturated heterocycles. The number of aromatic hydroxyl groups is 2. The van der Waals surface area contributed by atoms with Crippen LogP contribution in [0.1, 0.15) is 107 Å². The molecule has 5 aromatic rings. The maximum atomic E-state index is 13.8. The Hall–Kier alpha value is -7.60. The Morgan fingerprint density at radius 1 is 0.833 bits per heavy atom. The first-order valence-electron chi connectivity index (χ1n) is 24.8. The highest BCUT2D eigenvalue weighted by Crippen LogP contribution is 2.39. The number of anilines is 1. The molecule has 18 heteroatoms. The molecule has 18 nitrogen and oxygen atoms in total. The first-order chi connectivity index (χ1) is 34.6. The summed E-state index contributed by atoms with van der Waals surface area (Å²) in [6, 6.07) is 19.3. The first kappa shape index (κ1) is 49.4. The van der Waals surface area contributed by atoms with Crippen LogP contribution >= 0.6 is 0 Å². The van der Waals surface area contributed by atoms with Crippen molar-refractivity contribution in [1.29, 1.82) is 0 Å². The molecule has 72 heavy (non-hydrogen) atoms. The summed E-state index contributed by atoms with van der Waals surface area (Å²) in [6.07, 6.45) is 1.87. The number of benzene rings is 4. The Labute approximate surface area is 417 Å². The minimum absolute atomic E-state index is 0.0240. The number of imide groups is 1. The molecule has 3 fully saturated rings. The van der Waals surface area contributed by atoms with Crippen LogP contribution in [-0.2, 0) is 38.7 Å². The number of aromatic nitrogens is 3. The van der Waals surface area contributed by atoms with Crippen molar-refractivity contribution in [2.75, 3.05) is 50.7 Å². The molecular weight excluding hydrogens is 919 g/mol. The number of piperazine rings is 1. The number of carbonyl (C=O) groups excluding carboxylic acids is 6. The average molecular weight is 980 g/mol. The van der Waals surface area contributed by atoms with Crippen molar-refractivity contribution in [2.45, 2.75) is 91.8 Å². The largest absolute Gasteiger partial charge is 0.508 e. The highest BCUT2D eigenvalue weighted by molar-refractivity contribution is 6.05. The Balaban J connectivity index is 0.766. The molecule has 0 aliphatic carbocycles. The van der Waals surface area contributed by atoms with E-state index in [1.165, 1.54) is 11.0 Å². The van der Waals surface area contributed by atoms with Crippen LogP contribution in [0.5, 0.6) is 17.2 Å². The minimum Gasteiger partial charge on any atom is -0.508 e. The fourth-order valence-corrected chi connectivity index (χ4v) is 10.5.